The number of alkyl halides is 3. The number of nitrogens with two attached hydrogens (primary N) is 1. The summed E-state index contributed by atoms with van der Waals surface area (Å²) < 4.78 is 54.7. The molecule has 0 saturated heterocycles. The van der Waals surface area contributed by atoms with Gasteiger partial charge in [-0.1, -0.05) is 0 Å². The van der Waals surface area contributed by atoms with Crippen LogP contribution >= 0.6 is 0 Å². The van der Waals surface area contributed by atoms with Gasteiger partial charge in [0.1, 0.15) is 11.5 Å². The maximum atomic E-state index is 13.4. The van der Waals surface area contributed by atoms with Crippen molar-refractivity contribution >= 4 is 11.6 Å². The number of fused-ring (bicyclic) bond motifs is 1. The van der Waals surface area contributed by atoms with Crippen LogP contribution in [0.5, 0.6) is 0 Å². The van der Waals surface area contributed by atoms with Crippen molar-refractivity contribution in [3.05, 3.63) is 60.4 Å². The van der Waals surface area contributed by atoms with E-state index in [1.54, 1.807) is 12.1 Å². The third kappa shape index (κ3) is 4.39. The average molecular weight is 432 g/mol. The van der Waals surface area contributed by atoms with Gasteiger partial charge < -0.3 is 10.3 Å². The van der Waals surface area contributed by atoms with Crippen molar-refractivity contribution in [1.29, 1.82) is 0 Å². The fourth-order valence-corrected chi connectivity index (χ4v) is 3.23. The van der Waals surface area contributed by atoms with Gasteiger partial charge in [-0.3, -0.25) is 4.79 Å². The molecule has 0 fully saturated rings. The van der Waals surface area contributed by atoms with Gasteiger partial charge in [-0.2, -0.15) is 18.3 Å². The van der Waals surface area contributed by atoms with Crippen LogP contribution in [0.15, 0.2) is 48.9 Å². The van der Waals surface area contributed by atoms with E-state index in [1.165, 1.54) is 45.9 Å². The molecule has 4 rings (SSSR count). The summed E-state index contributed by atoms with van der Waals surface area (Å²) in [6, 6.07) is 8.69. The number of aromatic nitrogens is 5. The van der Waals surface area contributed by atoms with Gasteiger partial charge in [-0.15, -0.1) is 0 Å². The minimum absolute atomic E-state index is 0.101. The molecule has 3 aromatic heterocycles. The first-order valence-corrected chi connectivity index (χ1v) is 9.21. The van der Waals surface area contributed by atoms with E-state index >= 15 is 0 Å². The molecule has 0 atom stereocenters. The quantitative estimate of drug-likeness (QED) is 0.473. The predicted molar refractivity (Wildman–Crippen MR) is 103 cm³/mol. The molecule has 0 spiro atoms. The monoisotopic (exact) mass is 432 g/mol. The summed E-state index contributed by atoms with van der Waals surface area (Å²) in [6.07, 6.45) is -2.76. The Morgan fingerprint density at radius 3 is 2.48 bits per heavy atom. The molecular weight excluding hydrogens is 416 g/mol. The molecule has 0 unspecified atom stereocenters. The zero-order valence-electron chi connectivity index (χ0n) is 16.0. The van der Waals surface area contributed by atoms with Crippen LogP contribution in [0.2, 0.25) is 0 Å². The van der Waals surface area contributed by atoms with Crippen molar-refractivity contribution in [1.82, 2.24) is 24.1 Å². The minimum atomic E-state index is -4.35. The maximum Gasteiger partial charge on any atom is 0.390 e. The Kier molecular flexibility index (Phi) is 5.17. The molecule has 0 radical (unpaired) electrons. The first kappa shape index (κ1) is 20.5. The van der Waals surface area contributed by atoms with Gasteiger partial charge in [-0.05, 0) is 36.4 Å². The zero-order chi connectivity index (χ0) is 22.2. The van der Waals surface area contributed by atoms with Crippen LogP contribution in [-0.4, -0.2) is 36.2 Å². The van der Waals surface area contributed by atoms with Crippen LogP contribution in [0.25, 0.3) is 28.3 Å². The van der Waals surface area contributed by atoms with Crippen molar-refractivity contribution in [2.24, 2.45) is 5.73 Å². The highest BCUT2D eigenvalue weighted by atomic mass is 19.4. The lowest BCUT2D eigenvalue weighted by Gasteiger charge is -2.12. The van der Waals surface area contributed by atoms with E-state index in [0.29, 0.717) is 34.0 Å². The highest BCUT2D eigenvalue weighted by molar-refractivity contribution is 5.78. The molecule has 7 nitrogen and oxygen atoms in total. The van der Waals surface area contributed by atoms with Crippen LogP contribution in [0.3, 0.4) is 0 Å². The fourth-order valence-electron chi connectivity index (χ4n) is 3.23. The smallest absolute Gasteiger partial charge is 0.369 e. The number of carbonyl (C=O) groups is 1. The SMILES string of the molecule is NC(=O)Cc1cnc2ccc(-c3c(-c4ccc(F)cc4)ncn3CCC(F)(F)F)nn12. The highest BCUT2D eigenvalue weighted by Crippen LogP contribution is 2.32. The van der Waals surface area contributed by atoms with E-state index in [4.69, 9.17) is 5.73 Å². The number of halogens is 4. The third-order valence-electron chi connectivity index (χ3n) is 4.62. The molecule has 31 heavy (non-hydrogen) atoms. The zero-order valence-corrected chi connectivity index (χ0v) is 16.0. The second kappa shape index (κ2) is 7.82. The first-order chi connectivity index (χ1) is 14.7. The first-order valence-electron chi connectivity index (χ1n) is 9.21. The summed E-state index contributed by atoms with van der Waals surface area (Å²) in [5, 5.41) is 4.47. The van der Waals surface area contributed by atoms with Gasteiger partial charge in [0.05, 0.1) is 42.4 Å². The van der Waals surface area contributed by atoms with Gasteiger partial charge in [0, 0.05) is 12.1 Å². The Bertz CT molecular complexity index is 1240. The molecule has 0 saturated carbocycles. The van der Waals surface area contributed by atoms with E-state index in [0.717, 1.165) is 0 Å². The Hall–Kier alpha value is -3.76. The number of nitrogens with zero attached hydrogens (tertiary/aromatic N) is 5. The number of carbonyl (C=O) groups excluding carboxylic acids is 1. The Morgan fingerprint density at radius 1 is 1.06 bits per heavy atom. The Morgan fingerprint density at radius 2 is 1.81 bits per heavy atom. The lowest BCUT2D eigenvalue weighted by Crippen LogP contribution is -2.16. The van der Waals surface area contributed by atoms with Crippen molar-refractivity contribution in [2.45, 2.75) is 25.6 Å². The standard InChI is InChI=1S/C20H16F4N6O/c21-13-3-1-12(2-4-13)18-19(29(11-27-18)8-7-20(22,23)24)15-5-6-17-26-10-14(9-16(25)31)30(17)28-15/h1-6,10-11H,7-9H2,(H2,25,31). The normalized spacial score (nSPS) is 11.9. The summed E-state index contributed by atoms with van der Waals surface area (Å²) in [5.74, 6) is -1.02. The molecule has 1 amide bonds. The van der Waals surface area contributed by atoms with Crippen LogP contribution < -0.4 is 5.73 Å². The van der Waals surface area contributed by atoms with Gasteiger partial charge >= 0.3 is 6.18 Å². The van der Waals surface area contributed by atoms with Crippen molar-refractivity contribution in [3.63, 3.8) is 0 Å². The van der Waals surface area contributed by atoms with E-state index in [1.807, 2.05) is 0 Å². The number of rotatable bonds is 6. The third-order valence-corrected chi connectivity index (χ3v) is 4.62. The molecule has 4 aromatic rings. The van der Waals surface area contributed by atoms with Crippen LogP contribution in [0, 0.1) is 5.82 Å². The largest absolute Gasteiger partial charge is 0.390 e. The number of hydrogen-bond donors (Lipinski definition) is 1. The van der Waals surface area contributed by atoms with E-state index in [-0.39, 0.29) is 13.0 Å². The summed E-state index contributed by atoms with van der Waals surface area (Å²) in [7, 11) is 0. The lowest BCUT2D eigenvalue weighted by molar-refractivity contribution is -0.136. The summed E-state index contributed by atoms with van der Waals surface area (Å²) in [6.45, 7) is -0.370. The number of hydrogen-bond acceptors (Lipinski definition) is 4. The maximum absolute atomic E-state index is 13.4. The molecule has 11 heteroatoms. The Labute approximate surface area is 173 Å². The number of benzene rings is 1. The van der Waals surface area contributed by atoms with Crippen LogP contribution in [0.4, 0.5) is 17.6 Å². The fraction of sp³-hybridized carbons (Fsp3) is 0.200. The van der Waals surface area contributed by atoms with Gasteiger partial charge in [0.25, 0.3) is 0 Å². The van der Waals surface area contributed by atoms with Gasteiger partial charge in [0.15, 0.2) is 5.65 Å². The number of aryl methyl sites for hydroxylation is 1. The summed E-state index contributed by atoms with van der Waals surface area (Å²) in [4.78, 5) is 19.7. The number of imidazole rings is 2. The predicted octanol–water partition coefficient (Wildman–Crippen LogP) is 3.38. The lowest BCUT2D eigenvalue weighted by atomic mass is 10.1. The van der Waals surface area contributed by atoms with Crippen LogP contribution in [0.1, 0.15) is 12.1 Å². The van der Waals surface area contributed by atoms with Crippen molar-refractivity contribution < 1.29 is 22.4 Å². The topological polar surface area (TPSA) is 91.1 Å². The summed E-state index contributed by atoms with van der Waals surface area (Å²) in [5.41, 5.74) is 7.67. The van der Waals surface area contributed by atoms with Gasteiger partial charge in [-0.25, -0.2) is 18.9 Å². The second-order valence-corrected chi connectivity index (χ2v) is 6.89. The molecule has 3 heterocycles. The van der Waals surface area contributed by atoms with E-state index < -0.39 is 24.3 Å². The molecule has 0 bridgehead atoms. The number of primary amides is 1. The van der Waals surface area contributed by atoms with Gasteiger partial charge in [0.2, 0.25) is 5.91 Å². The molecule has 2 N–H and O–H groups in total. The Balaban J connectivity index is 1.85. The second-order valence-electron chi connectivity index (χ2n) is 6.89. The molecule has 0 aliphatic heterocycles. The molecule has 0 aliphatic carbocycles. The van der Waals surface area contributed by atoms with Crippen LogP contribution in [-0.2, 0) is 17.8 Å². The summed E-state index contributed by atoms with van der Waals surface area (Å²) >= 11 is 0. The van der Waals surface area contributed by atoms with Crippen molar-refractivity contribution in [3.8, 4) is 22.6 Å². The van der Waals surface area contributed by atoms with Crippen molar-refractivity contribution in [2.75, 3.05) is 0 Å². The number of amides is 1. The minimum Gasteiger partial charge on any atom is -0.369 e. The molecular formula is C20H16F4N6O. The molecule has 0 aliphatic rings. The molecule has 160 valence electrons. The van der Waals surface area contributed by atoms with E-state index in [9.17, 15) is 22.4 Å². The van der Waals surface area contributed by atoms with E-state index in [2.05, 4.69) is 15.1 Å². The highest BCUT2D eigenvalue weighted by Gasteiger charge is 2.28. The molecule has 1 aromatic carbocycles. The average Bonchev–Trinajstić information content (AvgIpc) is 3.30.